The van der Waals surface area contributed by atoms with Crippen LogP contribution in [0.5, 0.6) is 0 Å². The first-order chi connectivity index (χ1) is 9.30. The Morgan fingerprint density at radius 2 is 2.05 bits per heavy atom. The zero-order chi connectivity index (χ0) is 14.9. The van der Waals surface area contributed by atoms with Crippen LogP contribution in [0.2, 0.25) is 0 Å². The molecule has 1 aromatic rings. The second kappa shape index (κ2) is 5.38. The first-order valence-corrected chi connectivity index (χ1v) is 6.78. The average molecular weight is 283 g/mol. The molecule has 0 aliphatic heterocycles. The summed E-state index contributed by atoms with van der Waals surface area (Å²) in [4.78, 5) is 10.7. The van der Waals surface area contributed by atoms with E-state index in [1.807, 2.05) is 0 Å². The van der Waals surface area contributed by atoms with Gasteiger partial charge in [-0.15, -0.1) is 0 Å². The van der Waals surface area contributed by atoms with Gasteiger partial charge in [-0.3, -0.25) is 0 Å². The van der Waals surface area contributed by atoms with E-state index in [2.05, 4.69) is 19.2 Å². The average Bonchev–Trinajstić information content (AvgIpc) is 2.33. The highest BCUT2D eigenvalue weighted by Gasteiger charge is 2.29. The SMILES string of the molecule is CC1(C)CCCC(Nc2ccc(C(=O)O)c(F)c2F)C1. The summed E-state index contributed by atoms with van der Waals surface area (Å²) in [5, 5.41) is 11.7. The van der Waals surface area contributed by atoms with Gasteiger partial charge < -0.3 is 10.4 Å². The number of anilines is 1. The van der Waals surface area contributed by atoms with Crippen LogP contribution < -0.4 is 5.32 Å². The van der Waals surface area contributed by atoms with Crippen molar-refractivity contribution in [2.45, 2.75) is 45.6 Å². The maximum absolute atomic E-state index is 13.9. The van der Waals surface area contributed by atoms with Gasteiger partial charge in [0.05, 0.1) is 11.3 Å². The molecule has 0 heterocycles. The highest BCUT2D eigenvalue weighted by atomic mass is 19.2. The topological polar surface area (TPSA) is 49.3 Å². The molecule has 0 spiro atoms. The molecule has 1 atom stereocenters. The molecular weight excluding hydrogens is 264 g/mol. The third-order valence-electron chi connectivity index (χ3n) is 3.88. The van der Waals surface area contributed by atoms with Crippen molar-refractivity contribution in [1.82, 2.24) is 0 Å². The number of carbonyl (C=O) groups is 1. The van der Waals surface area contributed by atoms with Gasteiger partial charge in [-0.25, -0.2) is 13.6 Å². The molecule has 20 heavy (non-hydrogen) atoms. The Hall–Kier alpha value is -1.65. The number of halogens is 2. The van der Waals surface area contributed by atoms with Gasteiger partial charge in [0.2, 0.25) is 0 Å². The van der Waals surface area contributed by atoms with E-state index >= 15 is 0 Å². The normalized spacial score (nSPS) is 21.5. The lowest BCUT2D eigenvalue weighted by Crippen LogP contribution is -2.32. The molecular formula is C15H19F2NO2. The first-order valence-electron chi connectivity index (χ1n) is 6.78. The molecule has 0 amide bonds. The van der Waals surface area contributed by atoms with Crippen LogP contribution in [0.1, 0.15) is 49.9 Å². The van der Waals surface area contributed by atoms with Crippen LogP contribution in [0.4, 0.5) is 14.5 Å². The van der Waals surface area contributed by atoms with Crippen LogP contribution in [0.3, 0.4) is 0 Å². The summed E-state index contributed by atoms with van der Waals surface area (Å²) in [5.74, 6) is -3.89. The van der Waals surface area contributed by atoms with Crippen molar-refractivity contribution in [1.29, 1.82) is 0 Å². The van der Waals surface area contributed by atoms with Gasteiger partial charge in [0, 0.05) is 6.04 Å². The Kier molecular flexibility index (Phi) is 3.97. The fraction of sp³-hybridized carbons (Fsp3) is 0.533. The van der Waals surface area contributed by atoms with Crippen LogP contribution >= 0.6 is 0 Å². The second-order valence-corrected chi connectivity index (χ2v) is 6.20. The number of carboxylic acid groups (broad SMARTS) is 1. The lowest BCUT2D eigenvalue weighted by Gasteiger charge is -2.36. The lowest BCUT2D eigenvalue weighted by atomic mass is 9.75. The molecule has 0 saturated heterocycles. The molecule has 1 unspecified atom stereocenters. The Balaban J connectivity index is 2.18. The maximum Gasteiger partial charge on any atom is 0.338 e. The predicted molar refractivity (Wildman–Crippen MR) is 73.0 cm³/mol. The molecule has 0 bridgehead atoms. The lowest BCUT2D eigenvalue weighted by molar-refractivity contribution is 0.0690. The Labute approximate surface area is 117 Å². The van der Waals surface area contributed by atoms with Crippen molar-refractivity contribution in [3.63, 3.8) is 0 Å². The number of carboxylic acids is 1. The quantitative estimate of drug-likeness (QED) is 0.880. The van der Waals surface area contributed by atoms with E-state index in [4.69, 9.17) is 5.11 Å². The van der Waals surface area contributed by atoms with E-state index in [-0.39, 0.29) is 17.1 Å². The number of nitrogens with one attached hydrogen (secondary N) is 1. The smallest absolute Gasteiger partial charge is 0.338 e. The van der Waals surface area contributed by atoms with E-state index in [1.165, 1.54) is 6.07 Å². The number of rotatable bonds is 3. The second-order valence-electron chi connectivity index (χ2n) is 6.20. The maximum atomic E-state index is 13.9. The monoisotopic (exact) mass is 283 g/mol. The van der Waals surface area contributed by atoms with E-state index in [9.17, 15) is 13.6 Å². The summed E-state index contributed by atoms with van der Waals surface area (Å²) < 4.78 is 27.5. The molecule has 0 aromatic heterocycles. The van der Waals surface area contributed by atoms with Crippen LogP contribution in [0.15, 0.2) is 12.1 Å². The largest absolute Gasteiger partial charge is 0.478 e. The summed E-state index contributed by atoms with van der Waals surface area (Å²) in [7, 11) is 0. The van der Waals surface area contributed by atoms with E-state index in [0.717, 1.165) is 31.7 Å². The highest BCUT2D eigenvalue weighted by Crippen LogP contribution is 2.36. The first kappa shape index (κ1) is 14.8. The number of aromatic carboxylic acids is 1. The third kappa shape index (κ3) is 3.08. The molecule has 0 radical (unpaired) electrons. The molecule has 3 nitrogen and oxygen atoms in total. The molecule has 1 aliphatic rings. The van der Waals surface area contributed by atoms with Crippen LogP contribution in [-0.2, 0) is 0 Å². The van der Waals surface area contributed by atoms with Crippen molar-refractivity contribution in [3.8, 4) is 0 Å². The molecule has 5 heteroatoms. The van der Waals surface area contributed by atoms with Crippen molar-refractivity contribution in [2.75, 3.05) is 5.32 Å². The fourth-order valence-electron chi connectivity index (χ4n) is 2.87. The highest BCUT2D eigenvalue weighted by molar-refractivity contribution is 5.88. The molecule has 110 valence electrons. The van der Waals surface area contributed by atoms with Crippen molar-refractivity contribution in [2.24, 2.45) is 5.41 Å². The minimum atomic E-state index is -1.47. The summed E-state index contributed by atoms with van der Waals surface area (Å²) in [5.41, 5.74) is -0.418. The van der Waals surface area contributed by atoms with Crippen LogP contribution in [-0.4, -0.2) is 17.1 Å². The standard InChI is InChI=1S/C15H19F2NO2/c1-15(2)7-3-4-9(8-15)18-11-6-5-10(14(19)20)12(16)13(11)17/h5-6,9,18H,3-4,7-8H2,1-2H3,(H,19,20). The summed E-state index contributed by atoms with van der Waals surface area (Å²) in [6, 6.07) is 2.48. The van der Waals surface area contributed by atoms with E-state index < -0.39 is 23.2 Å². The zero-order valence-corrected chi connectivity index (χ0v) is 11.7. The van der Waals surface area contributed by atoms with Gasteiger partial charge in [-0.2, -0.15) is 0 Å². The molecule has 2 rings (SSSR count). The van der Waals surface area contributed by atoms with Crippen molar-refractivity contribution >= 4 is 11.7 Å². The van der Waals surface area contributed by atoms with Crippen molar-refractivity contribution < 1.29 is 18.7 Å². The molecule has 1 aromatic carbocycles. The van der Waals surface area contributed by atoms with Crippen LogP contribution in [0, 0.1) is 17.0 Å². The van der Waals surface area contributed by atoms with E-state index in [0.29, 0.717) is 0 Å². The van der Waals surface area contributed by atoms with Gasteiger partial charge in [-0.05, 0) is 36.8 Å². The molecule has 1 saturated carbocycles. The molecule has 1 aliphatic carbocycles. The zero-order valence-electron chi connectivity index (χ0n) is 11.7. The van der Waals surface area contributed by atoms with Crippen LogP contribution in [0.25, 0.3) is 0 Å². The Morgan fingerprint density at radius 3 is 2.65 bits per heavy atom. The van der Waals surface area contributed by atoms with Gasteiger partial charge in [0.25, 0.3) is 0 Å². The molecule has 1 fully saturated rings. The summed E-state index contributed by atoms with van der Waals surface area (Å²) in [6.07, 6.45) is 3.96. The van der Waals surface area contributed by atoms with E-state index in [1.54, 1.807) is 0 Å². The summed E-state index contributed by atoms with van der Waals surface area (Å²) in [6.45, 7) is 4.32. The van der Waals surface area contributed by atoms with Gasteiger partial charge in [0.15, 0.2) is 11.6 Å². The third-order valence-corrected chi connectivity index (χ3v) is 3.88. The molecule has 2 N–H and O–H groups in total. The van der Waals surface area contributed by atoms with Gasteiger partial charge in [0.1, 0.15) is 0 Å². The summed E-state index contributed by atoms with van der Waals surface area (Å²) >= 11 is 0. The Morgan fingerprint density at radius 1 is 1.35 bits per heavy atom. The minimum Gasteiger partial charge on any atom is -0.478 e. The number of hydrogen-bond donors (Lipinski definition) is 2. The Bertz CT molecular complexity index is 529. The van der Waals surface area contributed by atoms with Gasteiger partial charge in [-0.1, -0.05) is 20.3 Å². The van der Waals surface area contributed by atoms with Gasteiger partial charge >= 0.3 is 5.97 Å². The fourth-order valence-corrected chi connectivity index (χ4v) is 2.87. The van der Waals surface area contributed by atoms with Crippen molar-refractivity contribution in [3.05, 3.63) is 29.3 Å². The number of benzene rings is 1. The minimum absolute atomic E-state index is 0.0372. The number of hydrogen-bond acceptors (Lipinski definition) is 2. The predicted octanol–water partition coefficient (Wildman–Crippen LogP) is 4.04.